The number of hydrogen-bond acceptors (Lipinski definition) is 5. The monoisotopic (exact) mass is 224 g/mol. The average molecular weight is 224 g/mol. The third kappa shape index (κ3) is 1.67. The molecule has 0 amide bonds. The van der Waals surface area contributed by atoms with Crippen LogP contribution in [0.3, 0.4) is 0 Å². The summed E-state index contributed by atoms with van der Waals surface area (Å²) in [6.07, 6.45) is 0.859. The number of nitrogens with zero attached hydrogens (tertiary/aromatic N) is 1. The molecule has 0 aromatic heterocycles. The van der Waals surface area contributed by atoms with E-state index < -0.39 is 4.92 Å². The first-order chi connectivity index (χ1) is 7.63. The molecule has 0 spiro atoms. The summed E-state index contributed by atoms with van der Waals surface area (Å²) < 4.78 is 4.91. The van der Waals surface area contributed by atoms with Gasteiger partial charge >= 0.3 is 0 Å². The summed E-state index contributed by atoms with van der Waals surface area (Å²) in [6, 6.07) is 2.58. The minimum atomic E-state index is -0.496. The second kappa shape index (κ2) is 3.97. The first-order valence-electron chi connectivity index (χ1n) is 4.92. The van der Waals surface area contributed by atoms with Crippen molar-refractivity contribution in [3.63, 3.8) is 0 Å². The summed E-state index contributed by atoms with van der Waals surface area (Å²) >= 11 is 0. The third-order valence-electron chi connectivity index (χ3n) is 2.72. The maximum atomic E-state index is 10.7. The van der Waals surface area contributed by atoms with Gasteiger partial charge in [0.25, 0.3) is 5.69 Å². The number of phenolic OH excluding ortho intramolecular Hbond substituents is 1. The smallest absolute Gasteiger partial charge is 0.273 e. The topological polar surface area (TPSA) is 84.6 Å². The second-order valence-electron chi connectivity index (χ2n) is 3.64. The lowest BCUT2D eigenvalue weighted by molar-refractivity contribution is -0.385. The number of nitrogens with one attached hydrogen (secondary N) is 1. The summed E-state index contributed by atoms with van der Waals surface area (Å²) in [5, 5.41) is 23.6. The first-order valence-corrected chi connectivity index (χ1v) is 4.92. The van der Waals surface area contributed by atoms with Gasteiger partial charge in [-0.15, -0.1) is 0 Å². The zero-order valence-corrected chi connectivity index (χ0v) is 8.77. The third-order valence-corrected chi connectivity index (χ3v) is 2.72. The van der Waals surface area contributed by atoms with Crippen molar-refractivity contribution in [3.8, 4) is 11.5 Å². The fourth-order valence-electron chi connectivity index (χ4n) is 1.70. The van der Waals surface area contributed by atoms with Gasteiger partial charge in [-0.05, 0) is 13.0 Å². The molecule has 86 valence electrons. The standard InChI is InChI=1S/C10H12N2O4/c1-16-9-5-6(12(14)15)4-7(10(9)13)8-2-3-11-8/h4-5,8,11,13H,2-3H2,1H3/t8-/m0/s1. The predicted molar refractivity (Wildman–Crippen MR) is 56.7 cm³/mol. The van der Waals surface area contributed by atoms with Crippen molar-refractivity contribution in [1.82, 2.24) is 5.32 Å². The van der Waals surface area contributed by atoms with Gasteiger partial charge in [-0.2, -0.15) is 0 Å². The molecule has 0 bridgehead atoms. The Bertz CT molecular complexity index is 429. The van der Waals surface area contributed by atoms with E-state index in [1.54, 1.807) is 0 Å². The molecule has 0 aliphatic carbocycles. The van der Waals surface area contributed by atoms with Crippen LogP contribution in [0.15, 0.2) is 12.1 Å². The number of benzene rings is 1. The highest BCUT2D eigenvalue weighted by Crippen LogP contribution is 2.40. The molecule has 1 aromatic carbocycles. The molecule has 0 radical (unpaired) electrons. The maximum absolute atomic E-state index is 10.7. The second-order valence-corrected chi connectivity index (χ2v) is 3.64. The van der Waals surface area contributed by atoms with Gasteiger partial charge in [-0.25, -0.2) is 0 Å². The van der Waals surface area contributed by atoms with Gasteiger partial charge in [0.2, 0.25) is 0 Å². The summed E-state index contributed by atoms with van der Waals surface area (Å²) in [6.45, 7) is 0.856. The summed E-state index contributed by atoms with van der Waals surface area (Å²) in [5.41, 5.74) is 0.454. The van der Waals surface area contributed by atoms with Crippen LogP contribution in [0.2, 0.25) is 0 Å². The van der Waals surface area contributed by atoms with Crippen LogP contribution in [0.5, 0.6) is 11.5 Å². The Morgan fingerprint density at radius 3 is 2.75 bits per heavy atom. The molecule has 0 unspecified atom stereocenters. The Labute approximate surface area is 92.0 Å². The van der Waals surface area contributed by atoms with Gasteiger partial charge in [0.05, 0.1) is 18.1 Å². The van der Waals surface area contributed by atoms with E-state index >= 15 is 0 Å². The Morgan fingerprint density at radius 1 is 1.62 bits per heavy atom. The van der Waals surface area contributed by atoms with Crippen LogP contribution >= 0.6 is 0 Å². The summed E-state index contributed by atoms with van der Waals surface area (Å²) in [7, 11) is 1.37. The molecule has 2 N–H and O–H groups in total. The summed E-state index contributed by atoms with van der Waals surface area (Å²) in [5.74, 6) is 0.114. The SMILES string of the molecule is COc1cc([N+](=O)[O-])cc([C@@H]2CCN2)c1O. The first kappa shape index (κ1) is 10.7. The molecule has 1 fully saturated rings. The van der Waals surface area contributed by atoms with E-state index in [-0.39, 0.29) is 23.2 Å². The highest BCUT2D eigenvalue weighted by molar-refractivity contribution is 5.55. The molecule has 1 heterocycles. The molecular weight excluding hydrogens is 212 g/mol. The molecule has 6 heteroatoms. The van der Waals surface area contributed by atoms with Gasteiger partial charge in [0.15, 0.2) is 11.5 Å². The van der Waals surface area contributed by atoms with Gasteiger partial charge in [-0.1, -0.05) is 0 Å². The number of non-ortho nitro benzene ring substituents is 1. The van der Waals surface area contributed by atoms with Crippen LogP contribution in [0, 0.1) is 10.1 Å². The van der Waals surface area contributed by atoms with Crippen LogP contribution in [0.25, 0.3) is 0 Å². The average Bonchev–Trinajstić information content (AvgIpc) is 2.18. The lowest BCUT2D eigenvalue weighted by Gasteiger charge is -2.28. The highest BCUT2D eigenvalue weighted by atomic mass is 16.6. The van der Waals surface area contributed by atoms with Crippen molar-refractivity contribution in [1.29, 1.82) is 0 Å². The van der Waals surface area contributed by atoms with Crippen molar-refractivity contribution in [2.24, 2.45) is 0 Å². The lowest BCUT2D eigenvalue weighted by Crippen LogP contribution is -2.35. The molecule has 1 atom stereocenters. The molecule has 1 aromatic rings. The molecule has 1 saturated heterocycles. The van der Waals surface area contributed by atoms with Crippen molar-refractivity contribution < 1.29 is 14.8 Å². The van der Waals surface area contributed by atoms with Crippen molar-refractivity contribution in [2.45, 2.75) is 12.5 Å². The van der Waals surface area contributed by atoms with Gasteiger partial charge in [-0.3, -0.25) is 10.1 Å². The van der Waals surface area contributed by atoms with E-state index in [0.717, 1.165) is 13.0 Å². The van der Waals surface area contributed by atoms with E-state index in [2.05, 4.69) is 5.32 Å². The van der Waals surface area contributed by atoms with Gasteiger partial charge in [0, 0.05) is 17.7 Å². The molecule has 1 aliphatic heterocycles. The van der Waals surface area contributed by atoms with Crippen molar-refractivity contribution in [3.05, 3.63) is 27.8 Å². The van der Waals surface area contributed by atoms with E-state index in [0.29, 0.717) is 5.56 Å². The zero-order chi connectivity index (χ0) is 11.7. The largest absolute Gasteiger partial charge is 0.504 e. The number of ether oxygens (including phenoxy) is 1. The van der Waals surface area contributed by atoms with Crippen LogP contribution in [0.4, 0.5) is 5.69 Å². The Hall–Kier alpha value is -1.82. The molecule has 6 nitrogen and oxygen atoms in total. The predicted octanol–water partition coefficient (Wildman–Crippen LogP) is 1.34. The number of methoxy groups -OCH3 is 1. The van der Waals surface area contributed by atoms with E-state index in [9.17, 15) is 15.2 Å². The molecular formula is C10H12N2O4. The number of hydrogen-bond donors (Lipinski definition) is 2. The van der Waals surface area contributed by atoms with Crippen LogP contribution in [-0.2, 0) is 0 Å². The molecule has 2 rings (SSSR count). The Kier molecular flexibility index (Phi) is 2.66. The van der Waals surface area contributed by atoms with E-state index in [1.807, 2.05) is 0 Å². The van der Waals surface area contributed by atoms with E-state index in [1.165, 1.54) is 19.2 Å². The molecule has 1 aliphatic rings. The van der Waals surface area contributed by atoms with Gasteiger partial charge < -0.3 is 15.2 Å². The number of phenols is 1. The highest BCUT2D eigenvalue weighted by Gasteiger charge is 2.26. The fraction of sp³-hybridized carbons (Fsp3) is 0.400. The normalized spacial score (nSPS) is 18.9. The molecule has 0 saturated carbocycles. The van der Waals surface area contributed by atoms with Gasteiger partial charge in [0.1, 0.15) is 0 Å². The minimum absolute atomic E-state index is 0.0196. The number of nitro groups is 1. The Morgan fingerprint density at radius 2 is 2.31 bits per heavy atom. The van der Waals surface area contributed by atoms with E-state index in [4.69, 9.17) is 4.74 Å². The number of nitro benzene ring substituents is 1. The van der Waals surface area contributed by atoms with Crippen molar-refractivity contribution >= 4 is 5.69 Å². The minimum Gasteiger partial charge on any atom is -0.504 e. The Balaban J connectivity index is 2.48. The zero-order valence-electron chi connectivity index (χ0n) is 8.77. The number of rotatable bonds is 3. The fourth-order valence-corrected chi connectivity index (χ4v) is 1.70. The lowest BCUT2D eigenvalue weighted by atomic mass is 9.96. The number of aromatic hydroxyl groups is 1. The maximum Gasteiger partial charge on any atom is 0.273 e. The van der Waals surface area contributed by atoms with Crippen molar-refractivity contribution in [2.75, 3.05) is 13.7 Å². The molecule has 16 heavy (non-hydrogen) atoms. The summed E-state index contributed by atoms with van der Waals surface area (Å²) in [4.78, 5) is 10.2. The quantitative estimate of drug-likeness (QED) is 0.597. The van der Waals surface area contributed by atoms with Crippen LogP contribution < -0.4 is 10.1 Å². The van der Waals surface area contributed by atoms with Crippen LogP contribution in [-0.4, -0.2) is 23.7 Å². The van der Waals surface area contributed by atoms with Crippen LogP contribution in [0.1, 0.15) is 18.0 Å².